The van der Waals surface area contributed by atoms with Crippen LogP contribution >= 0.6 is 43.2 Å². The summed E-state index contributed by atoms with van der Waals surface area (Å²) in [7, 11) is 6.01. The van der Waals surface area contributed by atoms with Gasteiger partial charge in [-0.3, -0.25) is 77.1 Å². The van der Waals surface area contributed by atoms with Crippen molar-refractivity contribution < 1.29 is 57.5 Å². The van der Waals surface area contributed by atoms with Crippen molar-refractivity contribution in [3.63, 3.8) is 0 Å². The molecule has 0 saturated carbocycles. The molecule has 4 heterocycles. The summed E-state index contributed by atoms with van der Waals surface area (Å²) >= 11 is 0. The van der Waals surface area contributed by atoms with Gasteiger partial charge in [-0.2, -0.15) is 0 Å². The number of nitrogens with one attached hydrogen (secondary N) is 4. The van der Waals surface area contributed by atoms with Crippen LogP contribution in [0.25, 0.3) is 0 Å². The number of imide groups is 4. The van der Waals surface area contributed by atoms with Crippen molar-refractivity contribution in [3.8, 4) is 0 Å². The van der Waals surface area contributed by atoms with Gasteiger partial charge in [-0.25, -0.2) is 0 Å². The van der Waals surface area contributed by atoms with Crippen molar-refractivity contribution in [3.05, 3.63) is 24.3 Å². The Balaban J connectivity index is 0.962. The monoisotopic (exact) mass is 952 g/mol. The highest BCUT2D eigenvalue weighted by atomic mass is 33.1. The van der Waals surface area contributed by atoms with Gasteiger partial charge in [-0.05, 0) is 12.8 Å². The van der Waals surface area contributed by atoms with Crippen molar-refractivity contribution >= 4 is 114 Å². The maximum atomic E-state index is 13.0. The van der Waals surface area contributed by atoms with Crippen LogP contribution in [0.2, 0.25) is 0 Å². The number of hydrogen-bond donors (Lipinski definition) is 4. The van der Waals surface area contributed by atoms with Crippen LogP contribution in [0.4, 0.5) is 0 Å². The molecule has 0 aliphatic carbocycles. The van der Waals surface area contributed by atoms with Crippen LogP contribution in [0.15, 0.2) is 24.3 Å². The second kappa shape index (κ2) is 26.8. The molecule has 4 aliphatic rings. The molecule has 24 heteroatoms. The average Bonchev–Trinajstić information content (AvgIpc) is 3.93. The molecule has 0 spiro atoms. The quantitative estimate of drug-likeness (QED) is 0.0404. The van der Waals surface area contributed by atoms with Gasteiger partial charge in [0.1, 0.15) is 0 Å². The first-order valence-corrected chi connectivity index (χ1v) is 25.5. The molecule has 4 N–H and O–H groups in total. The Morgan fingerprint density at radius 1 is 0.444 bits per heavy atom. The van der Waals surface area contributed by atoms with Gasteiger partial charge in [-0.15, -0.1) is 0 Å². The summed E-state index contributed by atoms with van der Waals surface area (Å²) < 4.78 is 0. The molecular weight excluding hydrogens is 901 g/mol. The molecule has 4 rings (SSSR count). The van der Waals surface area contributed by atoms with E-state index >= 15 is 0 Å². The standard InChI is InChI=1S/C39H52N8O12S4/c48-28(8-16-44-32(52)4-5-33(44)53)40-12-20-60-62-22-14-42-30(50)10-18-46-36(56)24-26(38(46)58)2-1-3-27-25-37(57)47(39(27)59)19-11-31(51)43-15-23-63-61-21-13-41-29(49)9-17-45-34(54)6-7-35(45)55/h4-7,26-27H,1-3,8-25H2,(H,40,48)(H,41,49)(H,42,50)(H,43,51). The summed E-state index contributed by atoms with van der Waals surface area (Å²) in [5.41, 5.74) is 0. The molecule has 2 saturated heterocycles. The minimum atomic E-state index is -0.560. The van der Waals surface area contributed by atoms with Crippen LogP contribution in [0.5, 0.6) is 0 Å². The van der Waals surface area contributed by atoms with Gasteiger partial charge >= 0.3 is 0 Å². The van der Waals surface area contributed by atoms with Crippen LogP contribution < -0.4 is 21.3 Å². The van der Waals surface area contributed by atoms with Crippen LogP contribution in [-0.4, -0.2) is 166 Å². The number of hydrogen-bond acceptors (Lipinski definition) is 16. The fraction of sp³-hybridized carbons (Fsp3) is 0.590. The third-order valence-electron chi connectivity index (χ3n) is 10.0. The van der Waals surface area contributed by atoms with Gasteiger partial charge < -0.3 is 21.3 Å². The highest BCUT2D eigenvalue weighted by Crippen LogP contribution is 2.29. The van der Waals surface area contributed by atoms with E-state index in [-0.39, 0.29) is 112 Å². The highest BCUT2D eigenvalue weighted by molar-refractivity contribution is 8.77. The van der Waals surface area contributed by atoms with Crippen LogP contribution in [0.1, 0.15) is 57.8 Å². The third-order valence-corrected chi connectivity index (χ3v) is 14.8. The minimum Gasteiger partial charge on any atom is -0.355 e. The third kappa shape index (κ3) is 17.1. The lowest BCUT2D eigenvalue weighted by Crippen LogP contribution is -2.36. The maximum absolute atomic E-state index is 13.0. The Hall–Kier alpha value is -4.68. The number of nitrogens with zero attached hydrogens (tertiary/aromatic N) is 4. The first kappa shape index (κ1) is 51.0. The molecule has 20 nitrogen and oxygen atoms in total. The van der Waals surface area contributed by atoms with Gasteiger partial charge in [0.15, 0.2) is 0 Å². The fourth-order valence-corrected chi connectivity index (χ4v) is 10.3. The Kier molecular flexibility index (Phi) is 21.7. The second-order valence-electron chi connectivity index (χ2n) is 14.5. The molecular formula is C39H52N8O12S4. The number of carbonyl (C=O) groups excluding carboxylic acids is 12. The molecule has 0 radical (unpaired) electrons. The molecule has 2 unspecified atom stereocenters. The summed E-state index contributed by atoms with van der Waals surface area (Å²) in [5.74, 6) is -3.01. The Morgan fingerprint density at radius 3 is 1.00 bits per heavy atom. The van der Waals surface area contributed by atoms with Gasteiger partial charge in [0, 0.05) is 150 Å². The Morgan fingerprint density at radius 2 is 0.714 bits per heavy atom. The van der Waals surface area contributed by atoms with Crippen LogP contribution in [0.3, 0.4) is 0 Å². The van der Waals surface area contributed by atoms with E-state index in [9.17, 15) is 57.5 Å². The Labute approximate surface area is 380 Å². The minimum absolute atomic E-state index is 0.0192. The number of carbonyl (C=O) groups is 12. The summed E-state index contributed by atoms with van der Waals surface area (Å²) in [6.07, 6.45) is 5.84. The zero-order valence-corrected chi connectivity index (χ0v) is 37.9. The molecule has 2 fully saturated rings. The van der Waals surface area contributed by atoms with Crippen molar-refractivity contribution in [1.29, 1.82) is 0 Å². The summed E-state index contributed by atoms with van der Waals surface area (Å²) in [4.78, 5) is 150. The van der Waals surface area contributed by atoms with Crippen molar-refractivity contribution in [2.75, 3.05) is 75.4 Å². The largest absolute Gasteiger partial charge is 0.355 e. The number of amides is 12. The molecule has 12 amide bonds. The van der Waals surface area contributed by atoms with E-state index in [1.807, 2.05) is 0 Å². The average molecular weight is 953 g/mol. The molecule has 0 aromatic rings. The van der Waals surface area contributed by atoms with E-state index in [4.69, 9.17) is 0 Å². The second-order valence-corrected chi connectivity index (χ2v) is 19.9. The predicted molar refractivity (Wildman–Crippen MR) is 236 cm³/mol. The molecule has 0 aromatic heterocycles. The summed E-state index contributed by atoms with van der Waals surface area (Å²) in [6.45, 7) is 1.51. The molecule has 2 atom stereocenters. The molecule has 4 aliphatic heterocycles. The van der Waals surface area contributed by atoms with Gasteiger partial charge in [0.25, 0.3) is 23.6 Å². The van der Waals surface area contributed by atoms with Crippen molar-refractivity contribution in [2.24, 2.45) is 11.8 Å². The summed E-state index contributed by atoms with van der Waals surface area (Å²) in [6, 6.07) is 0. The molecule has 0 bridgehead atoms. The van der Waals surface area contributed by atoms with Crippen molar-refractivity contribution in [1.82, 2.24) is 40.9 Å². The lowest BCUT2D eigenvalue weighted by molar-refractivity contribution is -0.141. The van der Waals surface area contributed by atoms with E-state index in [1.54, 1.807) is 0 Å². The van der Waals surface area contributed by atoms with E-state index in [2.05, 4.69) is 21.3 Å². The first-order valence-electron chi connectivity index (χ1n) is 20.6. The zero-order chi connectivity index (χ0) is 45.7. The van der Waals surface area contributed by atoms with Gasteiger partial charge in [-0.1, -0.05) is 49.6 Å². The maximum Gasteiger partial charge on any atom is 0.253 e. The number of likely N-dealkylation sites (tertiary alicyclic amines) is 2. The van der Waals surface area contributed by atoms with Crippen LogP contribution in [-0.2, 0) is 57.5 Å². The highest BCUT2D eigenvalue weighted by Gasteiger charge is 2.40. The van der Waals surface area contributed by atoms with Crippen molar-refractivity contribution in [2.45, 2.75) is 57.8 Å². The lowest BCUT2D eigenvalue weighted by Gasteiger charge is -2.16. The topological polar surface area (TPSA) is 266 Å². The first-order chi connectivity index (χ1) is 30.2. The molecule has 0 aromatic carbocycles. The van der Waals surface area contributed by atoms with E-state index in [0.29, 0.717) is 68.5 Å². The summed E-state index contributed by atoms with van der Waals surface area (Å²) in [5, 5.41) is 11.0. The van der Waals surface area contributed by atoms with E-state index < -0.39 is 35.5 Å². The SMILES string of the molecule is O=C(CCN1C(=O)C=CC1=O)NCCSSCCNC(=O)CCN1C(=O)CC(CCCC2CC(=O)N(CCC(=O)NCCSSCCNC(=O)CCN3C(=O)C=CC3=O)C2=O)C1=O. The Bertz CT molecular complexity index is 1680. The van der Waals surface area contributed by atoms with E-state index in [0.717, 1.165) is 19.6 Å². The number of rotatable bonds is 30. The zero-order valence-electron chi connectivity index (χ0n) is 34.6. The van der Waals surface area contributed by atoms with Crippen LogP contribution in [0, 0.1) is 11.8 Å². The van der Waals surface area contributed by atoms with Gasteiger partial charge in [0.05, 0.1) is 0 Å². The van der Waals surface area contributed by atoms with Gasteiger partial charge in [0.2, 0.25) is 47.3 Å². The van der Waals surface area contributed by atoms with E-state index in [1.165, 1.54) is 67.5 Å². The smallest absolute Gasteiger partial charge is 0.253 e. The predicted octanol–water partition coefficient (Wildman–Crippen LogP) is -0.455. The normalized spacial score (nSPS) is 18.5. The fourth-order valence-electron chi connectivity index (χ4n) is 6.71. The molecule has 344 valence electrons. The lowest BCUT2D eigenvalue weighted by atomic mass is 9.94. The molecule has 63 heavy (non-hydrogen) atoms.